The van der Waals surface area contributed by atoms with E-state index in [2.05, 4.69) is 4.98 Å². The van der Waals surface area contributed by atoms with Gasteiger partial charge in [-0.2, -0.15) is 0 Å². The Morgan fingerprint density at radius 3 is 2.71 bits per heavy atom. The van der Waals surface area contributed by atoms with Gasteiger partial charge < -0.3 is 14.6 Å². The topological polar surface area (TPSA) is 112 Å². The van der Waals surface area contributed by atoms with Crippen LogP contribution in [0.5, 0.6) is 17.4 Å². The van der Waals surface area contributed by atoms with Crippen molar-refractivity contribution in [1.82, 2.24) is 4.98 Å². The second kappa shape index (κ2) is 5.87. The van der Waals surface area contributed by atoms with E-state index in [1.54, 1.807) is 0 Å². The van der Waals surface area contributed by atoms with Crippen molar-refractivity contribution in [1.29, 1.82) is 0 Å². The zero-order valence-electron chi connectivity index (χ0n) is 10.8. The summed E-state index contributed by atoms with van der Waals surface area (Å²) in [5.74, 6) is -1.02. The van der Waals surface area contributed by atoms with E-state index in [0.717, 1.165) is 0 Å². The fourth-order valence-corrected chi connectivity index (χ4v) is 1.56. The molecule has 0 unspecified atom stereocenters. The van der Waals surface area contributed by atoms with E-state index in [1.165, 1.54) is 43.5 Å². The maximum atomic E-state index is 11.0. The molecule has 1 N–H and O–H groups in total. The molecule has 0 atom stereocenters. The lowest BCUT2D eigenvalue weighted by atomic mass is 10.3. The Labute approximate surface area is 118 Å². The summed E-state index contributed by atoms with van der Waals surface area (Å²) in [6, 6.07) is 8.17. The molecule has 0 radical (unpaired) electrons. The van der Waals surface area contributed by atoms with Crippen molar-refractivity contribution >= 4 is 11.7 Å². The molecule has 2 aromatic rings. The minimum atomic E-state index is -1.22. The molecule has 2 rings (SSSR count). The summed E-state index contributed by atoms with van der Waals surface area (Å²) >= 11 is 0. The minimum absolute atomic E-state index is 0.0526. The quantitative estimate of drug-likeness (QED) is 0.664. The van der Waals surface area contributed by atoms with Gasteiger partial charge in [0.15, 0.2) is 5.69 Å². The summed E-state index contributed by atoms with van der Waals surface area (Å²) < 4.78 is 10.2. The van der Waals surface area contributed by atoms with Crippen LogP contribution in [0.25, 0.3) is 0 Å². The van der Waals surface area contributed by atoms with Crippen LogP contribution in [0.1, 0.15) is 10.5 Å². The van der Waals surface area contributed by atoms with Crippen LogP contribution in [0.4, 0.5) is 5.69 Å². The fourth-order valence-electron chi connectivity index (χ4n) is 1.56. The van der Waals surface area contributed by atoms with E-state index < -0.39 is 10.9 Å². The van der Waals surface area contributed by atoms with Gasteiger partial charge in [0, 0.05) is 6.07 Å². The Hall–Kier alpha value is -3.16. The van der Waals surface area contributed by atoms with Crippen molar-refractivity contribution in [3.8, 4) is 17.4 Å². The third-order valence-electron chi connectivity index (χ3n) is 2.52. The lowest BCUT2D eigenvalue weighted by Crippen LogP contribution is -2.01. The summed E-state index contributed by atoms with van der Waals surface area (Å²) in [7, 11) is 1.39. The third-order valence-corrected chi connectivity index (χ3v) is 2.52. The molecule has 0 fully saturated rings. The zero-order chi connectivity index (χ0) is 15.4. The van der Waals surface area contributed by atoms with E-state index in [9.17, 15) is 14.9 Å². The number of benzene rings is 1. The highest BCUT2D eigenvalue weighted by Crippen LogP contribution is 2.33. The SMILES string of the molecule is COc1ccc(Oc2cccc(C(=O)O)n2)c([N+](=O)[O-])c1. The summed E-state index contributed by atoms with van der Waals surface area (Å²) in [5.41, 5.74) is -0.527. The number of aromatic carboxylic acids is 1. The van der Waals surface area contributed by atoms with Crippen molar-refractivity contribution < 1.29 is 24.3 Å². The third kappa shape index (κ3) is 3.24. The van der Waals surface area contributed by atoms with Crippen molar-refractivity contribution in [2.45, 2.75) is 0 Å². The Balaban J connectivity index is 2.37. The van der Waals surface area contributed by atoms with Crippen molar-refractivity contribution in [3.05, 3.63) is 52.2 Å². The van der Waals surface area contributed by atoms with Crippen molar-refractivity contribution in [2.75, 3.05) is 7.11 Å². The molecule has 0 aliphatic rings. The average Bonchev–Trinajstić information content (AvgIpc) is 2.47. The molecule has 8 heteroatoms. The molecule has 1 heterocycles. The van der Waals surface area contributed by atoms with Gasteiger partial charge in [-0.25, -0.2) is 9.78 Å². The van der Waals surface area contributed by atoms with Gasteiger partial charge in [0.1, 0.15) is 5.75 Å². The Bertz CT molecular complexity index is 701. The maximum Gasteiger partial charge on any atom is 0.354 e. The summed E-state index contributed by atoms with van der Waals surface area (Å²) in [4.78, 5) is 24.9. The largest absolute Gasteiger partial charge is 0.496 e. The highest BCUT2D eigenvalue weighted by atomic mass is 16.6. The van der Waals surface area contributed by atoms with Gasteiger partial charge in [0.05, 0.1) is 18.1 Å². The van der Waals surface area contributed by atoms with E-state index in [4.69, 9.17) is 14.6 Å². The summed E-state index contributed by atoms with van der Waals surface area (Å²) in [5, 5.41) is 19.9. The average molecular weight is 290 g/mol. The number of carboxylic acids is 1. The smallest absolute Gasteiger partial charge is 0.354 e. The number of hydrogen-bond acceptors (Lipinski definition) is 6. The Morgan fingerprint density at radius 2 is 2.10 bits per heavy atom. The summed E-state index contributed by atoms with van der Waals surface area (Å²) in [6.45, 7) is 0. The number of carbonyl (C=O) groups is 1. The zero-order valence-corrected chi connectivity index (χ0v) is 10.8. The van der Waals surface area contributed by atoms with Crippen LogP contribution < -0.4 is 9.47 Å². The summed E-state index contributed by atoms with van der Waals surface area (Å²) in [6.07, 6.45) is 0. The number of ether oxygens (including phenoxy) is 2. The van der Waals surface area contributed by atoms with Gasteiger partial charge in [0.25, 0.3) is 0 Å². The molecule has 0 bridgehead atoms. The molecule has 0 aliphatic heterocycles. The number of nitro benzene ring substituents is 1. The standard InChI is InChI=1S/C13H10N2O6/c1-20-8-5-6-11(10(7-8)15(18)19)21-12-4-2-3-9(14-12)13(16)17/h2-7H,1H3,(H,16,17). The van der Waals surface area contributed by atoms with Gasteiger partial charge in [-0.05, 0) is 18.2 Å². The molecular formula is C13H10N2O6. The molecule has 21 heavy (non-hydrogen) atoms. The van der Waals surface area contributed by atoms with Crippen LogP contribution in [-0.4, -0.2) is 28.1 Å². The van der Waals surface area contributed by atoms with Crippen LogP contribution in [0.3, 0.4) is 0 Å². The van der Waals surface area contributed by atoms with Gasteiger partial charge in [-0.3, -0.25) is 10.1 Å². The molecule has 0 saturated carbocycles. The molecule has 108 valence electrons. The van der Waals surface area contributed by atoms with Crippen LogP contribution in [0.15, 0.2) is 36.4 Å². The number of carboxylic acid groups (broad SMARTS) is 1. The highest BCUT2D eigenvalue weighted by molar-refractivity contribution is 5.85. The van der Waals surface area contributed by atoms with Gasteiger partial charge in [0.2, 0.25) is 11.6 Å². The van der Waals surface area contributed by atoms with E-state index in [0.29, 0.717) is 5.75 Å². The van der Waals surface area contributed by atoms with Gasteiger partial charge >= 0.3 is 11.7 Å². The molecule has 0 amide bonds. The van der Waals surface area contributed by atoms with Crippen LogP contribution in [-0.2, 0) is 0 Å². The number of methoxy groups -OCH3 is 1. The van der Waals surface area contributed by atoms with Crippen LogP contribution >= 0.6 is 0 Å². The fraction of sp³-hybridized carbons (Fsp3) is 0.0769. The van der Waals surface area contributed by atoms with Crippen LogP contribution in [0, 0.1) is 10.1 Å². The van der Waals surface area contributed by atoms with Gasteiger partial charge in [-0.15, -0.1) is 0 Å². The molecule has 1 aromatic carbocycles. The number of aromatic nitrogens is 1. The second-order valence-corrected chi connectivity index (χ2v) is 3.86. The van der Waals surface area contributed by atoms with E-state index in [1.807, 2.05) is 0 Å². The second-order valence-electron chi connectivity index (χ2n) is 3.86. The predicted molar refractivity (Wildman–Crippen MR) is 70.9 cm³/mol. The minimum Gasteiger partial charge on any atom is -0.496 e. The highest BCUT2D eigenvalue weighted by Gasteiger charge is 2.18. The lowest BCUT2D eigenvalue weighted by Gasteiger charge is -2.07. The number of nitrogens with zero attached hydrogens (tertiary/aromatic N) is 2. The lowest BCUT2D eigenvalue weighted by molar-refractivity contribution is -0.385. The van der Waals surface area contributed by atoms with E-state index >= 15 is 0 Å². The number of rotatable bonds is 5. The number of nitro groups is 1. The first kappa shape index (κ1) is 14.3. The monoisotopic (exact) mass is 290 g/mol. The first-order valence-electron chi connectivity index (χ1n) is 5.72. The first-order chi connectivity index (χ1) is 10.0. The van der Waals surface area contributed by atoms with Crippen molar-refractivity contribution in [2.24, 2.45) is 0 Å². The molecule has 0 saturated heterocycles. The molecule has 1 aromatic heterocycles. The van der Waals surface area contributed by atoms with E-state index in [-0.39, 0.29) is 23.0 Å². The molecule has 0 spiro atoms. The van der Waals surface area contributed by atoms with Crippen molar-refractivity contribution in [3.63, 3.8) is 0 Å². The Kier molecular flexibility index (Phi) is 3.98. The predicted octanol–water partition coefficient (Wildman–Crippen LogP) is 2.49. The molecule has 0 aliphatic carbocycles. The molecular weight excluding hydrogens is 280 g/mol. The van der Waals surface area contributed by atoms with Gasteiger partial charge in [-0.1, -0.05) is 6.07 Å². The Morgan fingerprint density at radius 1 is 1.33 bits per heavy atom. The van der Waals surface area contributed by atoms with Crippen LogP contribution in [0.2, 0.25) is 0 Å². The normalized spacial score (nSPS) is 9.95. The maximum absolute atomic E-state index is 11.0. The number of pyridine rings is 1. The molecule has 8 nitrogen and oxygen atoms in total. The first-order valence-corrected chi connectivity index (χ1v) is 5.72. The number of hydrogen-bond donors (Lipinski definition) is 1.